The zero-order valence-corrected chi connectivity index (χ0v) is 29.7. The molecule has 0 amide bonds. The van der Waals surface area contributed by atoms with Crippen molar-refractivity contribution in [2.75, 3.05) is 12.5 Å². The van der Waals surface area contributed by atoms with Gasteiger partial charge >= 0.3 is 80.9 Å². The van der Waals surface area contributed by atoms with Crippen molar-refractivity contribution in [1.82, 2.24) is 0 Å². The Morgan fingerprint density at radius 1 is 0.474 bits per heavy atom. The van der Waals surface area contributed by atoms with Crippen molar-refractivity contribution in [2.24, 2.45) is 0 Å². The van der Waals surface area contributed by atoms with E-state index in [0.29, 0.717) is 0 Å². The van der Waals surface area contributed by atoms with E-state index in [1.807, 2.05) is 61.0 Å². The van der Waals surface area contributed by atoms with Crippen molar-refractivity contribution in [3.05, 3.63) is 97.1 Å². The van der Waals surface area contributed by atoms with E-state index < -0.39 is 20.2 Å². The summed E-state index contributed by atoms with van der Waals surface area (Å²) in [5.41, 5.74) is 3.75. The van der Waals surface area contributed by atoms with Gasteiger partial charge in [-0.25, -0.2) is 16.8 Å². The van der Waals surface area contributed by atoms with E-state index in [9.17, 15) is 25.9 Å². The van der Waals surface area contributed by atoms with Gasteiger partial charge in [0.15, 0.2) is 0 Å². The monoisotopic (exact) mass is 620 g/mol. The zero-order valence-electron chi connectivity index (χ0n) is 21.3. The Kier molecular flexibility index (Phi) is 15.6. The molecule has 0 spiro atoms. The van der Waals surface area contributed by atoms with Crippen LogP contribution >= 0.6 is 23.5 Å². The summed E-state index contributed by atoms with van der Waals surface area (Å²) >= 11 is 3.32. The normalized spacial score (nSPS) is 10.8. The van der Waals surface area contributed by atoms with Crippen LogP contribution in [-0.2, 0) is 20.2 Å². The molecule has 6 nitrogen and oxygen atoms in total. The minimum atomic E-state index is -4.37. The van der Waals surface area contributed by atoms with Crippen LogP contribution in [0.25, 0.3) is 22.3 Å². The number of thioether (sulfide) groups is 2. The predicted octanol–water partition coefficient (Wildman–Crippen LogP) is -0.0328. The van der Waals surface area contributed by atoms with E-state index in [-0.39, 0.29) is 90.7 Å². The van der Waals surface area contributed by atoms with E-state index in [2.05, 4.69) is 0 Å². The number of hydrogen-bond donors (Lipinski definition) is 0. The Bertz CT molecular complexity index is 1390. The van der Waals surface area contributed by atoms with Gasteiger partial charge < -0.3 is 9.11 Å². The Labute approximate surface area is 297 Å². The van der Waals surface area contributed by atoms with Gasteiger partial charge in [-0.2, -0.15) is 0 Å². The largest absolute Gasteiger partial charge is 1.00 e. The van der Waals surface area contributed by atoms with E-state index in [4.69, 9.17) is 0 Å². The molecule has 0 N–H and O–H groups in total. The SMILES string of the molecule is CSc1ccc(-c2ccc(S(=O)(=O)[O-])cc2)cc1.CSc1ccc(-c2ccc(S(=O)(=O)[O-])cc2)cc1.[K+].[Na+]. The maximum Gasteiger partial charge on any atom is 1.00 e. The molecular weight excluding hydrogens is 599 g/mol. The van der Waals surface area contributed by atoms with Crippen LogP contribution < -0.4 is 80.9 Å². The van der Waals surface area contributed by atoms with Gasteiger partial charge in [-0.15, -0.1) is 23.5 Å². The maximum atomic E-state index is 10.8. The standard InChI is InChI=1S/2C13H12O3S2.K.Na/c2*1-17-12-6-2-10(3-7-12)11-4-8-13(9-5-11)18(14,15)16;;/h2*2-9H,1H3,(H,14,15,16);;/q;;2*+1/p-2. The predicted molar refractivity (Wildman–Crippen MR) is 143 cm³/mol. The Balaban J connectivity index is 0.000000361. The summed E-state index contributed by atoms with van der Waals surface area (Å²) in [6.07, 6.45) is 4.01. The summed E-state index contributed by atoms with van der Waals surface area (Å²) in [4.78, 5) is 1.92. The molecule has 38 heavy (non-hydrogen) atoms. The molecule has 0 aliphatic rings. The first-order valence-corrected chi connectivity index (χ1v) is 15.7. The van der Waals surface area contributed by atoms with Crippen molar-refractivity contribution in [2.45, 2.75) is 19.6 Å². The molecule has 188 valence electrons. The van der Waals surface area contributed by atoms with Gasteiger partial charge in [-0.1, -0.05) is 48.5 Å². The first-order chi connectivity index (χ1) is 17.0. The molecule has 4 aromatic rings. The van der Waals surface area contributed by atoms with E-state index >= 15 is 0 Å². The van der Waals surface area contributed by atoms with Crippen LogP contribution in [0.15, 0.2) is 117 Å². The fourth-order valence-corrected chi connectivity index (χ4v) is 4.95. The molecule has 0 saturated heterocycles. The second kappa shape index (κ2) is 16.5. The van der Waals surface area contributed by atoms with Crippen molar-refractivity contribution >= 4 is 43.8 Å². The van der Waals surface area contributed by atoms with Crippen LogP contribution in [0.1, 0.15) is 0 Å². The molecule has 0 aliphatic carbocycles. The van der Waals surface area contributed by atoms with Crippen molar-refractivity contribution < 1.29 is 107 Å². The van der Waals surface area contributed by atoms with Crippen LogP contribution in [0.2, 0.25) is 0 Å². The average Bonchev–Trinajstić information content (AvgIpc) is 2.88. The molecule has 4 aromatic carbocycles. The number of hydrogen-bond acceptors (Lipinski definition) is 8. The minimum Gasteiger partial charge on any atom is -0.744 e. The summed E-state index contributed by atoms with van der Waals surface area (Å²) in [6, 6.07) is 27.7. The van der Waals surface area contributed by atoms with E-state index in [1.165, 1.54) is 24.3 Å². The van der Waals surface area contributed by atoms with Gasteiger partial charge in [0.25, 0.3) is 0 Å². The smallest absolute Gasteiger partial charge is 0.744 e. The van der Waals surface area contributed by atoms with Crippen LogP contribution in [0.5, 0.6) is 0 Å². The third kappa shape index (κ3) is 10.8. The molecule has 0 unspecified atom stereocenters. The quantitative estimate of drug-likeness (QED) is 0.168. The van der Waals surface area contributed by atoms with Crippen LogP contribution in [0.3, 0.4) is 0 Å². The van der Waals surface area contributed by atoms with Crippen LogP contribution in [0.4, 0.5) is 0 Å². The molecule has 12 heteroatoms. The van der Waals surface area contributed by atoms with Crippen molar-refractivity contribution in [3.63, 3.8) is 0 Å². The van der Waals surface area contributed by atoms with Crippen LogP contribution in [-0.4, -0.2) is 38.5 Å². The summed E-state index contributed by atoms with van der Waals surface area (Å²) < 4.78 is 64.8. The second-order valence-electron chi connectivity index (χ2n) is 7.41. The Morgan fingerprint density at radius 3 is 0.868 bits per heavy atom. The first kappa shape index (κ1) is 36.1. The topological polar surface area (TPSA) is 114 Å². The van der Waals surface area contributed by atoms with Crippen molar-refractivity contribution in [3.8, 4) is 22.3 Å². The number of rotatable bonds is 6. The summed E-state index contributed by atoms with van der Waals surface area (Å²) in [5, 5.41) is 0. The maximum absolute atomic E-state index is 10.8. The molecule has 4 rings (SSSR count). The molecule has 0 heterocycles. The zero-order chi connectivity index (χ0) is 26.3. The fourth-order valence-electron chi connectivity index (χ4n) is 3.20. The molecular formula is C26H22KNaO6S4. The van der Waals surface area contributed by atoms with Gasteiger partial charge in [0, 0.05) is 9.79 Å². The van der Waals surface area contributed by atoms with E-state index in [0.717, 1.165) is 32.0 Å². The second-order valence-corrected chi connectivity index (χ2v) is 11.9. The van der Waals surface area contributed by atoms with Gasteiger partial charge in [0.05, 0.1) is 9.79 Å². The van der Waals surface area contributed by atoms with Gasteiger partial charge in [-0.05, 0) is 83.3 Å². The molecule has 0 aromatic heterocycles. The third-order valence-corrected chi connectivity index (χ3v) is 8.32. The molecule has 0 atom stereocenters. The molecule has 0 aliphatic heterocycles. The first-order valence-electron chi connectivity index (χ1n) is 10.4. The third-order valence-electron chi connectivity index (χ3n) is 5.13. The van der Waals surface area contributed by atoms with Crippen molar-refractivity contribution in [1.29, 1.82) is 0 Å². The average molecular weight is 621 g/mol. The Hall–Kier alpha value is 0.0364. The van der Waals surface area contributed by atoms with Gasteiger partial charge in [0.2, 0.25) is 0 Å². The fraction of sp³-hybridized carbons (Fsp3) is 0.0769. The minimum absolute atomic E-state index is 0. The molecule has 0 saturated carbocycles. The number of benzene rings is 4. The van der Waals surface area contributed by atoms with Gasteiger partial charge in [0.1, 0.15) is 20.2 Å². The Morgan fingerprint density at radius 2 is 0.684 bits per heavy atom. The summed E-state index contributed by atoms with van der Waals surface area (Å²) in [6.45, 7) is 0. The van der Waals surface area contributed by atoms with Crippen LogP contribution in [0, 0.1) is 0 Å². The summed E-state index contributed by atoms with van der Waals surface area (Å²) in [5.74, 6) is 0. The molecule has 0 fully saturated rings. The molecule has 0 bridgehead atoms. The molecule has 0 radical (unpaired) electrons. The van der Waals surface area contributed by atoms with E-state index in [1.54, 1.807) is 47.8 Å². The summed E-state index contributed by atoms with van der Waals surface area (Å²) in [7, 11) is -8.73. The van der Waals surface area contributed by atoms with Gasteiger partial charge in [-0.3, -0.25) is 0 Å².